The molecule has 8 heteroatoms. The molecule has 1 saturated heterocycles. The van der Waals surface area contributed by atoms with Gasteiger partial charge in [-0.25, -0.2) is 4.98 Å². The van der Waals surface area contributed by atoms with Gasteiger partial charge in [0.15, 0.2) is 0 Å². The standard InChI is InChI=1S/C10H18N4O3S/c1-8-6-14(7-9(2)17-8)18(15,16)13-5-10-11-3-4-12-10/h3-4,8-9,13H,5-7H2,1-2H3,(H,11,12). The third-order valence-corrected chi connectivity index (χ3v) is 4.19. The fourth-order valence-electron chi connectivity index (χ4n) is 1.97. The van der Waals surface area contributed by atoms with E-state index in [1.54, 1.807) is 12.4 Å². The van der Waals surface area contributed by atoms with E-state index in [0.29, 0.717) is 18.9 Å². The normalized spacial score (nSPS) is 26.3. The van der Waals surface area contributed by atoms with Crippen molar-refractivity contribution in [1.82, 2.24) is 19.0 Å². The van der Waals surface area contributed by atoms with Crippen LogP contribution in [0, 0.1) is 0 Å². The van der Waals surface area contributed by atoms with Crippen LogP contribution in [0.2, 0.25) is 0 Å². The molecule has 2 rings (SSSR count). The molecule has 0 aliphatic carbocycles. The van der Waals surface area contributed by atoms with Crippen molar-refractivity contribution < 1.29 is 13.2 Å². The number of nitrogens with one attached hydrogen (secondary N) is 2. The molecular formula is C10H18N4O3S. The topological polar surface area (TPSA) is 87.3 Å². The second-order valence-electron chi connectivity index (χ2n) is 4.44. The Balaban J connectivity index is 1.97. The summed E-state index contributed by atoms with van der Waals surface area (Å²) < 4.78 is 33.6. The Bertz CT molecular complexity index is 463. The van der Waals surface area contributed by atoms with Gasteiger partial charge in [-0.3, -0.25) is 0 Å². The lowest BCUT2D eigenvalue weighted by Crippen LogP contribution is -2.51. The summed E-state index contributed by atoms with van der Waals surface area (Å²) >= 11 is 0. The number of H-pyrrole nitrogens is 1. The molecule has 0 amide bonds. The molecule has 7 nitrogen and oxygen atoms in total. The molecule has 1 aliphatic rings. The number of nitrogens with zero attached hydrogens (tertiary/aromatic N) is 2. The summed E-state index contributed by atoms with van der Waals surface area (Å²) in [6.45, 7) is 4.64. The van der Waals surface area contributed by atoms with E-state index in [1.807, 2.05) is 13.8 Å². The number of rotatable bonds is 4. The largest absolute Gasteiger partial charge is 0.373 e. The number of ether oxygens (including phenoxy) is 1. The van der Waals surface area contributed by atoms with Gasteiger partial charge in [0, 0.05) is 25.5 Å². The van der Waals surface area contributed by atoms with Crippen LogP contribution in [0.15, 0.2) is 12.4 Å². The Morgan fingerprint density at radius 2 is 2.17 bits per heavy atom. The molecule has 2 heterocycles. The number of imidazole rings is 1. The molecule has 1 aliphatic heterocycles. The van der Waals surface area contributed by atoms with Crippen molar-refractivity contribution >= 4 is 10.2 Å². The number of hydrogen-bond donors (Lipinski definition) is 2. The maximum absolute atomic E-state index is 12.1. The Hall–Kier alpha value is -0.960. The van der Waals surface area contributed by atoms with Gasteiger partial charge in [-0.15, -0.1) is 0 Å². The van der Waals surface area contributed by atoms with Crippen LogP contribution in [-0.2, 0) is 21.5 Å². The first kappa shape index (κ1) is 13.5. The average molecular weight is 274 g/mol. The molecule has 0 bridgehead atoms. The fraction of sp³-hybridized carbons (Fsp3) is 0.700. The lowest BCUT2D eigenvalue weighted by molar-refractivity contribution is -0.0444. The minimum atomic E-state index is -3.48. The van der Waals surface area contributed by atoms with Crippen molar-refractivity contribution in [2.45, 2.75) is 32.6 Å². The minimum Gasteiger partial charge on any atom is -0.373 e. The van der Waals surface area contributed by atoms with Crippen LogP contribution < -0.4 is 4.72 Å². The number of aromatic amines is 1. The summed E-state index contributed by atoms with van der Waals surface area (Å²) in [5.41, 5.74) is 0. The summed E-state index contributed by atoms with van der Waals surface area (Å²) in [4.78, 5) is 6.82. The Morgan fingerprint density at radius 1 is 1.50 bits per heavy atom. The first-order chi connectivity index (χ1) is 8.47. The predicted molar refractivity (Wildman–Crippen MR) is 65.9 cm³/mol. The zero-order valence-corrected chi connectivity index (χ0v) is 11.3. The highest BCUT2D eigenvalue weighted by molar-refractivity contribution is 7.87. The van der Waals surface area contributed by atoms with Crippen LogP contribution in [0.1, 0.15) is 19.7 Å². The Kier molecular flexibility index (Phi) is 4.00. The van der Waals surface area contributed by atoms with Gasteiger partial charge in [-0.05, 0) is 13.8 Å². The molecular weight excluding hydrogens is 256 g/mol. The van der Waals surface area contributed by atoms with E-state index < -0.39 is 10.2 Å². The third kappa shape index (κ3) is 3.29. The molecule has 2 unspecified atom stereocenters. The predicted octanol–water partition coefficient (Wildman–Crippen LogP) is -0.147. The SMILES string of the molecule is CC1CN(S(=O)(=O)NCc2ncc[nH]2)CC(C)O1. The van der Waals surface area contributed by atoms with E-state index in [-0.39, 0.29) is 18.8 Å². The maximum atomic E-state index is 12.1. The summed E-state index contributed by atoms with van der Waals surface area (Å²) in [5.74, 6) is 0.591. The van der Waals surface area contributed by atoms with Gasteiger partial charge < -0.3 is 9.72 Å². The van der Waals surface area contributed by atoms with Crippen LogP contribution in [0.25, 0.3) is 0 Å². The number of morpholine rings is 1. The van der Waals surface area contributed by atoms with Crippen molar-refractivity contribution in [3.63, 3.8) is 0 Å². The van der Waals surface area contributed by atoms with E-state index in [4.69, 9.17) is 4.74 Å². The van der Waals surface area contributed by atoms with E-state index in [1.165, 1.54) is 4.31 Å². The van der Waals surface area contributed by atoms with Crippen LogP contribution in [-0.4, -0.2) is 48.0 Å². The lowest BCUT2D eigenvalue weighted by Gasteiger charge is -2.34. The van der Waals surface area contributed by atoms with Crippen LogP contribution >= 0.6 is 0 Å². The molecule has 1 fully saturated rings. The van der Waals surface area contributed by atoms with Crippen molar-refractivity contribution in [2.75, 3.05) is 13.1 Å². The molecule has 102 valence electrons. The van der Waals surface area contributed by atoms with Crippen molar-refractivity contribution in [3.05, 3.63) is 18.2 Å². The van der Waals surface area contributed by atoms with E-state index in [9.17, 15) is 8.42 Å². The number of aromatic nitrogens is 2. The minimum absolute atomic E-state index is 0.0889. The van der Waals surface area contributed by atoms with Gasteiger partial charge in [0.2, 0.25) is 0 Å². The highest BCUT2D eigenvalue weighted by Crippen LogP contribution is 2.13. The van der Waals surface area contributed by atoms with Gasteiger partial charge in [0.25, 0.3) is 10.2 Å². The molecule has 1 aromatic rings. The van der Waals surface area contributed by atoms with E-state index in [2.05, 4.69) is 14.7 Å². The van der Waals surface area contributed by atoms with Gasteiger partial charge in [-0.2, -0.15) is 17.4 Å². The first-order valence-corrected chi connectivity index (χ1v) is 7.30. The molecule has 2 N–H and O–H groups in total. The number of hydrogen-bond acceptors (Lipinski definition) is 4. The quantitative estimate of drug-likeness (QED) is 0.799. The summed E-state index contributed by atoms with van der Waals surface area (Å²) in [6, 6.07) is 0. The van der Waals surface area contributed by atoms with Crippen molar-refractivity contribution in [2.24, 2.45) is 0 Å². The summed E-state index contributed by atoms with van der Waals surface area (Å²) in [7, 11) is -3.48. The van der Waals surface area contributed by atoms with Crippen molar-refractivity contribution in [3.8, 4) is 0 Å². The molecule has 2 atom stereocenters. The van der Waals surface area contributed by atoms with Crippen LogP contribution in [0.5, 0.6) is 0 Å². The highest BCUT2D eigenvalue weighted by Gasteiger charge is 2.30. The second-order valence-corrected chi connectivity index (χ2v) is 6.19. The molecule has 0 spiro atoms. The van der Waals surface area contributed by atoms with Gasteiger partial charge >= 0.3 is 0 Å². The summed E-state index contributed by atoms with van der Waals surface area (Å²) in [6.07, 6.45) is 3.06. The lowest BCUT2D eigenvalue weighted by atomic mass is 10.3. The molecule has 0 radical (unpaired) electrons. The Morgan fingerprint density at radius 3 is 2.72 bits per heavy atom. The van der Waals surface area contributed by atoms with Crippen molar-refractivity contribution in [1.29, 1.82) is 0 Å². The third-order valence-electron chi connectivity index (χ3n) is 2.70. The van der Waals surface area contributed by atoms with Crippen LogP contribution in [0.4, 0.5) is 0 Å². The Labute approximate surface area is 107 Å². The maximum Gasteiger partial charge on any atom is 0.280 e. The zero-order valence-electron chi connectivity index (χ0n) is 10.5. The zero-order chi connectivity index (χ0) is 13.2. The van der Waals surface area contributed by atoms with E-state index in [0.717, 1.165) is 0 Å². The van der Waals surface area contributed by atoms with Crippen LogP contribution in [0.3, 0.4) is 0 Å². The fourth-order valence-corrected chi connectivity index (χ4v) is 3.29. The van der Waals surface area contributed by atoms with E-state index >= 15 is 0 Å². The molecule has 18 heavy (non-hydrogen) atoms. The monoisotopic (exact) mass is 274 g/mol. The smallest absolute Gasteiger partial charge is 0.280 e. The van der Waals surface area contributed by atoms with Gasteiger partial charge in [0.1, 0.15) is 5.82 Å². The van der Waals surface area contributed by atoms with Gasteiger partial charge in [-0.1, -0.05) is 0 Å². The molecule has 0 saturated carbocycles. The highest BCUT2D eigenvalue weighted by atomic mass is 32.2. The average Bonchev–Trinajstić information content (AvgIpc) is 2.78. The second kappa shape index (κ2) is 5.35. The van der Waals surface area contributed by atoms with Gasteiger partial charge in [0.05, 0.1) is 18.8 Å². The summed E-state index contributed by atoms with van der Waals surface area (Å²) in [5, 5.41) is 0. The molecule has 0 aromatic carbocycles. The molecule has 1 aromatic heterocycles. The first-order valence-electron chi connectivity index (χ1n) is 5.86.